The van der Waals surface area contributed by atoms with Crippen LogP contribution in [0.4, 0.5) is 13.2 Å². The summed E-state index contributed by atoms with van der Waals surface area (Å²) in [4.78, 5) is 19.4. The number of nitrogens with zero attached hydrogens (tertiary/aromatic N) is 2. The molecule has 0 unspecified atom stereocenters. The Kier molecular flexibility index (Phi) is 8.59. The van der Waals surface area contributed by atoms with Crippen molar-refractivity contribution in [1.29, 1.82) is 0 Å². The van der Waals surface area contributed by atoms with E-state index in [-0.39, 0.29) is 30.1 Å². The number of piperidine rings is 1. The topological polar surface area (TPSA) is 54.5 Å². The number of carbonyl (C=O) groups is 1. The van der Waals surface area contributed by atoms with Gasteiger partial charge in [0.05, 0.1) is 18.1 Å². The van der Waals surface area contributed by atoms with Crippen LogP contribution in [0.3, 0.4) is 0 Å². The highest BCUT2D eigenvalue weighted by atomic mass is 19.4. The predicted molar refractivity (Wildman–Crippen MR) is 131 cm³/mol. The zero-order valence-electron chi connectivity index (χ0n) is 20.0. The number of nitrogens with one attached hydrogen (secondary N) is 1. The Morgan fingerprint density at radius 1 is 1.03 bits per heavy atom. The molecular weight excluding hydrogens is 467 g/mol. The molecule has 1 saturated heterocycles. The third-order valence-electron chi connectivity index (χ3n) is 6.38. The minimum Gasteiger partial charge on any atom is -0.493 e. The minimum atomic E-state index is -4.42. The largest absolute Gasteiger partial charge is 0.493 e. The van der Waals surface area contributed by atoms with Crippen molar-refractivity contribution >= 4 is 5.91 Å². The van der Waals surface area contributed by atoms with Gasteiger partial charge in [0.1, 0.15) is 5.75 Å². The molecule has 5 nitrogen and oxygen atoms in total. The van der Waals surface area contributed by atoms with Gasteiger partial charge in [0.2, 0.25) is 5.91 Å². The van der Waals surface area contributed by atoms with Crippen LogP contribution in [-0.4, -0.2) is 42.0 Å². The smallest absolute Gasteiger partial charge is 0.416 e. The van der Waals surface area contributed by atoms with Crippen LogP contribution in [0.15, 0.2) is 79.1 Å². The van der Waals surface area contributed by atoms with Gasteiger partial charge in [-0.3, -0.25) is 9.78 Å². The van der Waals surface area contributed by atoms with E-state index in [0.717, 1.165) is 37.2 Å². The molecule has 4 rings (SSSR count). The molecule has 2 aromatic carbocycles. The number of amides is 1. The number of hydrogen-bond acceptors (Lipinski definition) is 4. The van der Waals surface area contributed by atoms with E-state index in [1.807, 2.05) is 30.3 Å². The van der Waals surface area contributed by atoms with Crippen molar-refractivity contribution in [1.82, 2.24) is 15.2 Å². The summed E-state index contributed by atoms with van der Waals surface area (Å²) in [7, 11) is 0. The maximum absolute atomic E-state index is 13.1. The fraction of sp³-hybridized carbons (Fsp3) is 0.357. The lowest BCUT2D eigenvalue weighted by molar-refractivity contribution is -0.137. The molecule has 36 heavy (non-hydrogen) atoms. The van der Waals surface area contributed by atoms with Crippen molar-refractivity contribution < 1.29 is 22.7 Å². The van der Waals surface area contributed by atoms with Crippen LogP contribution >= 0.6 is 0 Å². The maximum atomic E-state index is 13.1. The molecule has 0 spiro atoms. The standard InChI is InChI=1S/C28H30F3N3O2/c29-28(30,31)25-9-4-10-26(15-25)36-20-23-14-24(27(35)33-17-22-8-5-12-32-16-22)19-34(18-23)13-11-21-6-2-1-3-7-21/h1-10,12,15-16,23-24H,11,13-14,17-20H2,(H,33,35)/t23-,24+/m0/s1. The Bertz CT molecular complexity index is 1110. The van der Waals surface area contributed by atoms with Gasteiger partial charge in [-0.2, -0.15) is 13.2 Å². The second-order valence-electron chi connectivity index (χ2n) is 9.21. The Morgan fingerprint density at radius 3 is 2.58 bits per heavy atom. The van der Waals surface area contributed by atoms with Crippen molar-refractivity contribution in [3.8, 4) is 5.75 Å². The number of rotatable bonds is 9. The fourth-order valence-electron chi connectivity index (χ4n) is 4.54. The molecule has 1 N–H and O–H groups in total. The lowest BCUT2D eigenvalue weighted by Crippen LogP contribution is -2.48. The number of likely N-dealkylation sites (tertiary alicyclic amines) is 1. The molecule has 0 saturated carbocycles. The van der Waals surface area contributed by atoms with Crippen molar-refractivity contribution in [2.24, 2.45) is 11.8 Å². The van der Waals surface area contributed by atoms with Gasteiger partial charge in [-0.15, -0.1) is 0 Å². The average Bonchev–Trinajstić information content (AvgIpc) is 2.90. The second kappa shape index (κ2) is 12.0. The third-order valence-corrected chi connectivity index (χ3v) is 6.38. The van der Waals surface area contributed by atoms with E-state index in [0.29, 0.717) is 19.5 Å². The Morgan fingerprint density at radius 2 is 1.83 bits per heavy atom. The summed E-state index contributed by atoms with van der Waals surface area (Å²) >= 11 is 0. The highest BCUT2D eigenvalue weighted by Crippen LogP contribution is 2.32. The number of halogens is 3. The number of alkyl halides is 3. The summed E-state index contributed by atoms with van der Waals surface area (Å²) in [5, 5.41) is 3.01. The van der Waals surface area contributed by atoms with Crippen LogP contribution in [0, 0.1) is 11.8 Å². The molecule has 2 heterocycles. The zero-order chi connectivity index (χ0) is 25.4. The fourth-order valence-corrected chi connectivity index (χ4v) is 4.54. The Hall–Kier alpha value is -3.39. The Labute approximate surface area is 209 Å². The molecule has 1 aliphatic rings. The zero-order valence-corrected chi connectivity index (χ0v) is 20.0. The first-order chi connectivity index (χ1) is 17.4. The molecule has 0 bridgehead atoms. The molecule has 1 aromatic heterocycles. The maximum Gasteiger partial charge on any atom is 0.416 e. The molecule has 0 aliphatic carbocycles. The highest BCUT2D eigenvalue weighted by Gasteiger charge is 2.33. The van der Waals surface area contributed by atoms with Crippen molar-refractivity contribution in [2.75, 3.05) is 26.2 Å². The minimum absolute atomic E-state index is 0.0122. The van der Waals surface area contributed by atoms with Gasteiger partial charge in [-0.05, 0) is 48.2 Å². The van der Waals surface area contributed by atoms with Gasteiger partial charge in [0.25, 0.3) is 0 Å². The van der Waals surface area contributed by atoms with Crippen LogP contribution in [0.25, 0.3) is 0 Å². The first kappa shape index (κ1) is 25.7. The van der Waals surface area contributed by atoms with E-state index >= 15 is 0 Å². The van der Waals surface area contributed by atoms with E-state index in [2.05, 4.69) is 27.3 Å². The van der Waals surface area contributed by atoms with E-state index in [1.54, 1.807) is 12.4 Å². The molecule has 0 radical (unpaired) electrons. The highest BCUT2D eigenvalue weighted by molar-refractivity contribution is 5.79. The van der Waals surface area contributed by atoms with Gasteiger partial charge in [0.15, 0.2) is 0 Å². The summed E-state index contributed by atoms with van der Waals surface area (Å²) in [5.41, 5.74) is 1.41. The van der Waals surface area contributed by atoms with Gasteiger partial charge in [0, 0.05) is 44.5 Å². The average molecular weight is 498 g/mol. The van der Waals surface area contributed by atoms with Crippen LogP contribution < -0.4 is 10.1 Å². The summed E-state index contributed by atoms with van der Waals surface area (Å²) in [6, 6.07) is 18.8. The van der Waals surface area contributed by atoms with Crippen LogP contribution in [0.1, 0.15) is 23.1 Å². The number of ether oxygens (including phenoxy) is 1. The molecule has 3 aromatic rings. The van der Waals surface area contributed by atoms with Gasteiger partial charge < -0.3 is 15.0 Å². The second-order valence-corrected chi connectivity index (χ2v) is 9.21. The molecule has 190 valence electrons. The van der Waals surface area contributed by atoms with E-state index in [1.165, 1.54) is 17.7 Å². The van der Waals surface area contributed by atoms with E-state index < -0.39 is 11.7 Å². The van der Waals surface area contributed by atoms with Crippen molar-refractivity contribution in [3.05, 3.63) is 95.8 Å². The van der Waals surface area contributed by atoms with Crippen LogP contribution in [0.2, 0.25) is 0 Å². The molecule has 1 fully saturated rings. The molecular formula is C28H30F3N3O2. The van der Waals surface area contributed by atoms with Gasteiger partial charge >= 0.3 is 6.18 Å². The third kappa shape index (κ3) is 7.55. The molecule has 1 amide bonds. The van der Waals surface area contributed by atoms with Gasteiger partial charge in [-0.25, -0.2) is 0 Å². The number of aromatic nitrogens is 1. The summed E-state index contributed by atoms with van der Waals surface area (Å²) in [5.74, 6) is -0.0735. The monoisotopic (exact) mass is 497 g/mol. The normalized spacial score (nSPS) is 18.5. The van der Waals surface area contributed by atoms with Crippen LogP contribution in [0.5, 0.6) is 5.75 Å². The first-order valence-corrected chi connectivity index (χ1v) is 12.1. The van der Waals surface area contributed by atoms with Gasteiger partial charge in [-0.1, -0.05) is 42.5 Å². The number of hydrogen-bond donors (Lipinski definition) is 1. The van der Waals surface area contributed by atoms with Crippen molar-refractivity contribution in [2.45, 2.75) is 25.6 Å². The van der Waals surface area contributed by atoms with E-state index in [9.17, 15) is 18.0 Å². The van der Waals surface area contributed by atoms with Crippen molar-refractivity contribution in [3.63, 3.8) is 0 Å². The molecule has 8 heteroatoms. The summed E-state index contributed by atoms with van der Waals surface area (Å²) in [6.45, 7) is 2.79. The number of carbonyl (C=O) groups excluding carboxylic acids is 1. The van der Waals surface area contributed by atoms with Crippen LogP contribution in [-0.2, 0) is 23.9 Å². The first-order valence-electron chi connectivity index (χ1n) is 12.1. The number of pyridine rings is 1. The predicted octanol–water partition coefficient (Wildman–Crippen LogP) is 4.98. The molecule has 2 atom stereocenters. The SMILES string of the molecule is O=C(NCc1cccnc1)[C@@H]1C[C@H](COc2cccc(C(F)(F)F)c2)CN(CCc2ccccc2)C1. The summed E-state index contributed by atoms with van der Waals surface area (Å²) < 4.78 is 45.0. The Balaban J connectivity index is 1.39. The quantitative estimate of drug-likeness (QED) is 0.453. The number of benzene rings is 2. The molecule has 1 aliphatic heterocycles. The lowest BCUT2D eigenvalue weighted by Gasteiger charge is -2.37. The summed E-state index contributed by atoms with van der Waals surface area (Å²) in [6.07, 6.45) is 0.451. The van der Waals surface area contributed by atoms with E-state index in [4.69, 9.17) is 4.74 Å². The lowest BCUT2D eigenvalue weighted by atomic mass is 9.88.